The number of ether oxygens (including phenoxy) is 1. The fourth-order valence-electron chi connectivity index (χ4n) is 2.54. The molecule has 1 N–H and O–H groups in total. The number of carboxylic acids is 1. The molecule has 0 saturated heterocycles. The van der Waals surface area contributed by atoms with Gasteiger partial charge in [0.2, 0.25) is 0 Å². The Morgan fingerprint density at radius 3 is 2.33 bits per heavy atom. The van der Waals surface area contributed by atoms with Crippen LogP contribution in [-0.4, -0.2) is 17.7 Å². The molecule has 1 atom stereocenters. The van der Waals surface area contributed by atoms with Gasteiger partial charge in [-0.25, -0.2) is 4.39 Å². The number of carbonyl (C=O) groups is 1. The Kier molecular flexibility index (Phi) is 6.79. The average molecular weight is 330 g/mol. The van der Waals surface area contributed by atoms with Crippen molar-refractivity contribution in [2.75, 3.05) is 6.61 Å². The smallest absolute Gasteiger partial charge is 0.311 e. The van der Waals surface area contributed by atoms with Gasteiger partial charge in [0.15, 0.2) is 0 Å². The maximum atomic E-state index is 13.0. The zero-order chi connectivity index (χ0) is 17.4. The first-order chi connectivity index (χ1) is 11.6. The van der Waals surface area contributed by atoms with E-state index < -0.39 is 11.9 Å². The number of rotatable bonds is 9. The highest BCUT2D eigenvalue weighted by Gasteiger charge is 2.20. The lowest BCUT2D eigenvalue weighted by molar-refractivity contribution is -0.138. The van der Waals surface area contributed by atoms with Crippen molar-refractivity contribution < 1.29 is 19.0 Å². The summed E-state index contributed by atoms with van der Waals surface area (Å²) >= 11 is 0. The summed E-state index contributed by atoms with van der Waals surface area (Å²) in [5, 5.41) is 9.46. The van der Waals surface area contributed by atoms with Crippen LogP contribution in [0.5, 0.6) is 5.75 Å². The Balaban J connectivity index is 1.99. The molecule has 1 unspecified atom stereocenters. The van der Waals surface area contributed by atoms with Crippen molar-refractivity contribution in [3.8, 4) is 5.75 Å². The second kappa shape index (κ2) is 9.06. The highest BCUT2D eigenvalue weighted by Crippen LogP contribution is 2.23. The average Bonchev–Trinajstić information content (AvgIpc) is 2.58. The van der Waals surface area contributed by atoms with Crippen LogP contribution in [0.15, 0.2) is 48.5 Å². The number of carboxylic acid groups (broad SMARTS) is 1. The van der Waals surface area contributed by atoms with Crippen molar-refractivity contribution in [1.82, 2.24) is 0 Å². The lowest BCUT2D eigenvalue weighted by atomic mass is 9.92. The van der Waals surface area contributed by atoms with E-state index in [2.05, 4.69) is 6.92 Å². The van der Waals surface area contributed by atoms with Crippen molar-refractivity contribution in [3.63, 3.8) is 0 Å². The molecule has 0 heterocycles. The molecule has 0 bridgehead atoms. The van der Waals surface area contributed by atoms with E-state index in [1.54, 1.807) is 0 Å². The molecule has 0 amide bonds. The van der Waals surface area contributed by atoms with Gasteiger partial charge in [-0.15, -0.1) is 0 Å². The molecule has 0 aliphatic carbocycles. The second-order valence-electron chi connectivity index (χ2n) is 5.85. The Labute approximate surface area is 142 Å². The summed E-state index contributed by atoms with van der Waals surface area (Å²) in [5.74, 6) is -1.18. The van der Waals surface area contributed by atoms with Gasteiger partial charge in [0.25, 0.3) is 0 Å². The minimum atomic E-state index is -0.915. The number of hydrogen-bond acceptors (Lipinski definition) is 2. The van der Waals surface area contributed by atoms with Gasteiger partial charge in [-0.3, -0.25) is 4.79 Å². The Morgan fingerprint density at radius 1 is 1.08 bits per heavy atom. The third-order valence-electron chi connectivity index (χ3n) is 3.95. The predicted octanol–water partition coefficient (Wildman–Crippen LogP) is 4.81. The van der Waals surface area contributed by atoms with E-state index in [0.717, 1.165) is 30.6 Å². The van der Waals surface area contributed by atoms with Crippen LogP contribution in [0.1, 0.15) is 43.2 Å². The maximum absolute atomic E-state index is 13.0. The van der Waals surface area contributed by atoms with E-state index >= 15 is 0 Å². The van der Waals surface area contributed by atoms with Gasteiger partial charge in [0.1, 0.15) is 11.6 Å². The number of halogens is 1. The molecule has 128 valence electrons. The molecule has 4 heteroatoms. The summed E-state index contributed by atoms with van der Waals surface area (Å²) in [6.07, 6.45) is 3.69. The van der Waals surface area contributed by atoms with Gasteiger partial charge >= 0.3 is 5.97 Å². The Morgan fingerprint density at radius 2 is 1.75 bits per heavy atom. The largest absolute Gasteiger partial charge is 0.494 e. The van der Waals surface area contributed by atoms with Crippen LogP contribution in [-0.2, 0) is 11.2 Å². The normalized spacial score (nSPS) is 11.9. The number of benzene rings is 2. The van der Waals surface area contributed by atoms with Crippen LogP contribution in [0.25, 0.3) is 0 Å². The fourth-order valence-corrected chi connectivity index (χ4v) is 2.54. The van der Waals surface area contributed by atoms with Crippen molar-refractivity contribution >= 4 is 5.97 Å². The van der Waals surface area contributed by atoms with Crippen molar-refractivity contribution in [2.45, 2.75) is 38.5 Å². The molecule has 2 rings (SSSR count). The zero-order valence-electron chi connectivity index (χ0n) is 13.9. The first-order valence-electron chi connectivity index (χ1n) is 8.30. The molecular weight excluding hydrogens is 307 g/mol. The molecule has 0 saturated carbocycles. The molecule has 24 heavy (non-hydrogen) atoms. The van der Waals surface area contributed by atoms with Crippen LogP contribution in [0.4, 0.5) is 4.39 Å². The van der Waals surface area contributed by atoms with E-state index in [1.165, 1.54) is 24.3 Å². The first kappa shape index (κ1) is 18.0. The van der Waals surface area contributed by atoms with Crippen molar-refractivity contribution in [3.05, 3.63) is 65.5 Å². The third-order valence-corrected chi connectivity index (χ3v) is 3.95. The summed E-state index contributed by atoms with van der Waals surface area (Å²) in [7, 11) is 0. The standard InChI is InChI=1S/C20H23FO3/c1-2-3-4-13-24-18-11-5-15(6-12-18)14-19(20(22)23)16-7-9-17(21)10-8-16/h5-12,19H,2-4,13-14H2,1H3,(H,22,23). The van der Waals surface area contributed by atoms with E-state index in [0.29, 0.717) is 18.6 Å². The zero-order valence-corrected chi connectivity index (χ0v) is 13.9. The van der Waals surface area contributed by atoms with Crippen LogP contribution in [0.3, 0.4) is 0 Å². The minimum Gasteiger partial charge on any atom is -0.494 e. The van der Waals surface area contributed by atoms with Gasteiger partial charge in [-0.2, -0.15) is 0 Å². The topological polar surface area (TPSA) is 46.5 Å². The van der Waals surface area contributed by atoms with Crippen LogP contribution in [0.2, 0.25) is 0 Å². The third kappa shape index (κ3) is 5.37. The van der Waals surface area contributed by atoms with E-state index in [-0.39, 0.29) is 5.82 Å². The Hall–Kier alpha value is -2.36. The summed E-state index contributed by atoms with van der Waals surface area (Å²) in [5.41, 5.74) is 1.51. The monoisotopic (exact) mass is 330 g/mol. The molecule has 0 spiro atoms. The van der Waals surface area contributed by atoms with Crippen LogP contribution < -0.4 is 4.74 Å². The molecule has 3 nitrogen and oxygen atoms in total. The lowest BCUT2D eigenvalue weighted by Crippen LogP contribution is -2.14. The SMILES string of the molecule is CCCCCOc1ccc(CC(C(=O)O)c2ccc(F)cc2)cc1. The first-order valence-corrected chi connectivity index (χ1v) is 8.30. The number of aliphatic carboxylic acids is 1. The molecule has 0 fully saturated rings. The predicted molar refractivity (Wildman–Crippen MR) is 91.9 cm³/mol. The van der Waals surface area contributed by atoms with Gasteiger partial charge in [0.05, 0.1) is 12.5 Å². The molecule has 2 aromatic rings. The summed E-state index contributed by atoms with van der Waals surface area (Å²) in [4.78, 5) is 11.5. The lowest BCUT2D eigenvalue weighted by Gasteiger charge is -2.13. The molecule has 0 aliphatic heterocycles. The molecule has 2 aromatic carbocycles. The number of unbranched alkanes of at least 4 members (excludes halogenated alkanes) is 2. The molecule has 0 aromatic heterocycles. The fraction of sp³-hybridized carbons (Fsp3) is 0.350. The van der Waals surface area contributed by atoms with Gasteiger partial charge in [0, 0.05) is 0 Å². The molecule has 0 radical (unpaired) electrons. The van der Waals surface area contributed by atoms with E-state index in [9.17, 15) is 14.3 Å². The highest BCUT2D eigenvalue weighted by atomic mass is 19.1. The maximum Gasteiger partial charge on any atom is 0.311 e. The van der Waals surface area contributed by atoms with Crippen LogP contribution in [0, 0.1) is 5.82 Å². The molecular formula is C20H23FO3. The second-order valence-corrected chi connectivity index (χ2v) is 5.85. The Bertz CT molecular complexity index is 635. The van der Waals surface area contributed by atoms with Gasteiger partial charge < -0.3 is 9.84 Å². The summed E-state index contributed by atoms with van der Waals surface area (Å²) in [6.45, 7) is 2.84. The van der Waals surface area contributed by atoms with Crippen molar-refractivity contribution in [2.24, 2.45) is 0 Å². The van der Waals surface area contributed by atoms with Crippen LogP contribution >= 0.6 is 0 Å². The van der Waals surface area contributed by atoms with Crippen molar-refractivity contribution in [1.29, 1.82) is 0 Å². The van der Waals surface area contributed by atoms with Gasteiger partial charge in [-0.05, 0) is 48.2 Å². The minimum absolute atomic E-state index is 0.358. The summed E-state index contributed by atoms with van der Waals surface area (Å²) in [6, 6.07) is 13.1. The highest BCUT2D eigenvalue weighted by molar-refractivity contribution is 5.76. The van der Waals surface area contributed by atoms with E-state index in [4.69, 9.17) is 4.74 Å². The summed E-state index contributed by atoms with van der Waals surface area (Å²) < 4.78 is 18.7. The number of hydrogen-bond donors (Lipinski definition) is 1. The quantitative estimate of drug-likeness (QED) is 0.671. The molecule has 0 aliphatic rings. The van der Waals surface area contributed by atoms with E-state index in [1.807, 2.05) is 24.3 Å². The van der Waals surface area contributed by atoms with Gasteiger partial charge in [-0.1, -0.05) is 44.0 Å².